The maximum atomic E-state index is 11.8. The molecule has 0 aromatic rings. The molecule has 0 spiro atoms. The number of carboxylic acids is 1. The molecular weight excluding hydrogens is 224 g/mol. The SMILES string of the molecule is CC(C)(CC(=O)O)NC(=O)N1CCC(O)CC1. The number of nitrogens with zero attached hydrogens (tertiary/aromatic N) is 1. The molecule has 98 valence electrons. The van der Waals surface area contributed by atoms with Crippen LogP contribution >= 0.6 is 0 Å². The Kier molecular flexibility index (Phi) is 4.34. The number of aliphatic hydroxyl groups excluding tert-OH is 1. The van der Waals surface area contributed by atoms with Crippen LogP contribution in [0.2, 0.25) is 0 Å². The van der Waals surface area contributed by atoms with Gasteiger partial charge in [0, 0.05) is 18.6 Å². The molecule has 1 aliphatic rings. The largest absolute Gasteiger partial charge is 0.481 e. The molecule has 1 rings (SSSR count). The van der Waals surface area contributed by atoms with E-state index in [0.29, 0.717) is 25.9 Å². The molecule has 17 heavy (non-hydrogen) atoms. The van der Waals surface area contributed by atoms with Gasteiger partial charge in [0.05, 0.1) is 12.5 Å². The van der Waals surface area contributed by atoms with Gasteiger partial charge in [0.25, 0.3) is 0 Å². The van der Waals surface area contributed by atoms with Gasteiger partial charge in [-0.05, 0) is 26.7 Å². The Bertz CT molecular complexity index is 296. The van der Waals surface area contributed by atoms with Gasteiger partial charge in [0.15, 0.2) is 0 Å². The van der Waals surface area contributed by atoms with E-state index in [1.165, 1.54) is 0 Å². The summed E-state index contributed by atoms with van der Waals surface area (Å²) in [7, 11) is 0. The third-order valence-corrected chi connectivity index (χ3v) is 2.79. The van der Waals surface area contributed by atoms with E-state index in [9.17, 15) is 14.7 Å². The Balaban J connectivity index is 2.45. The molecule has 2 amide bonds. The first-order chi connectivity index (χ1) is 7.80. The summed E-state index contributed by atoms with van der Waals surface area (Å²) in [5, 5.41) is 20.7. The second-order valence-corrected chi connectivity index (χ2v) is 5.10. The molecule has 0 saturated carbocycles. The molecule has 0 aromatic heterocycles. The second-order valence-electron chi connectivity index (χ2n) is 5.10. The maximum Gasteiger partial charge on any atom is 0.317 e. The predicted octanol–water partition coefficient (Wildman–Crippen LogP) is 0.406. The number of hydrogen-bond acceptors (Lipinski definition) is 3. The molecule has 0 radical (unpaired) electrons. The Labute approximate surface area is 101 Å². The minimum Gasteiger partial charge on any atom is -0.481 e. The van der Waals surface area contributed by atoms with E-state index in [4.69, 9.17) is 5.11 Å². The number of hydrogen-bond donors (Lipinski definition) is 3. The minimum atomic E-state index is -0.940. The van der Waals surface area contributed by atoms with E-state index in [0.717, 1.165) is 0 Å². The highest BCUT2D eigenvalue weighted by Crippen LogP contribution is 2.13. The van der Waals surface area contributed by atoms with Crippen molar-refractivity contribution in [3.8, 4) is 0 Å². The number of carbonyl (C=O) groups excluding carboxylic acids is 1. The smallest absolute Gasteiger partial charge is 0.317 e. The Hall–Kier alpha value is -1.30. The molecule has 1 aliphatic heterocycles. The predicted molar refractivity (Wildman–Crippen MR) is 61.7 cm³/mol. The second kappa shape index (κ2) is 5.35. The van der Waals surface area contributed by atoms with Crippen molar-refractivity contribution in [2.75, 3.05) is 13.1 Å². The van der Waals surface area contributed by atoms with Crippen LogP contribution in [0.5, 0.6) is 0 Å². The average Bonchev–Trinajstić information content (AvgIpc) is 2.15. The lowest BCUT2D eigenvalue weighted by Crippen LogP contribution is -2.53. The third-order valence-electron chi connectivity index (χ3n) is 2.79. The highest BCUT2D eigenvalue weighted by molar-refractivity contribution is 5.76. The first-order valence-corrected chi connectivity index (χ1v) is 5.77. The van der Waals surface area contributed by atoms with Crippen LogP contribution in [-0.4, -0.2) is 51.8 Å². The Morgan fingerprint density at radius 2 is 1.88 bits per heavy atom. The number of amides is 2. The van der Waals surface area contributed by atoms with Crippen molar-refractivity contribution in [2.45, 2.75) is 44.8 Å². The quantitative estimate of drug-likeness (QED) is 0.670. The third kappa shape index (κ3) is 4.60. The van der Waals surface area contributed by atoms with Gasteiger partial charge in [-0.2, -0.15) is 0 Å². The molecule has 0 aromatic carbocycles. The van der Waals surface area contributed by atoms with Crippen molar-refractivity contribution in [1.82, 2.24) is 10.2 Å². The van der Waals surface area contributed by atoms with E-state index >= 15 is 0 Å². The lowest BCUT2D eigenvalue weighted by molar-refractivity contribution is -0.138. The van der Waals surface area contributed by atoms with Gasteiger partial charge in [0.1, 0.15) is 0 Å². The van der Waals surface area contributed by atoms with E-state index in [2.05, 4.69) is 5.32 Å². The lowest BCUT2D eigenvalue weighted by atomic mass is 10.0. The normalized spacial score (nSPS) is 17.9. The van der Waals surface area contributed by atoms with E-state index in [1.54, 1.807) is 18.7 Å². The van der Waals surface area contributed by atoms with Crippen molar-refractivity contribution < 1.29 is 19.8 Å². The summed E-state index contributed by atoms with van der Waals surface area (Å²) in [6, 6.07) is -0.261. The van der Waals surface area contributed by atoms with Crippen molar-refractivity contribution in [1.29, 1.82) is 0 Å². The highest BCUT2D eigenvalue weighted by atomic mass is 16.4. The Morgan fingerprint density at radius 1 is 1.35 bits per heavy atom. The number of piperidine rings is 1. The molecule has 6 nitrogen and oxygen atoms in total. The van der Waals surface area contributed by atoms with Gasteiger partial charge >= 0.3 is 12.0 Å². The van der Waals surface area contributed by atoms with Gasteiger partial charge in [-0.25, -0.2) is 4.79 Å². The summed E-state index contributed by atoms with van der Waals surface area (Å²) in [5.41, 5.74) is -0.765. The molecule has 0 bridgehead atoms. The summed E-state index contributed by atoms with van der Waals surface area (Å²) in [5.74, 6) is -0.940. The summed E-state index contributed by atoms with van der Waals surface area (Å²) in [4.78, 5) is 24.1. The molecule has 0 aliphatic carbocycles. The number of aliphatic carboxylic acids is 1. The maximum absolute atomic E-state index is 11.8. The monoisotopic (exact) mass is 244 g/mol. The van der Waals surface area contributed by atoms with Crippen LogP contribution in [0, 0.1) is 0 Å². The van der Waals surface area contributed by atoms with Gasteiger partial charge in [-0.1, -0.05) is 0 Å². The molecule has 1 fully saturated rings. The zero-order valence-electron chi connectivity index (χ0n) is 10.3. The number of carbonyl (C=O) groups is 2. The minimum absolute atomic E-state index is 0.116. The zero-order valence-corrected chi connectivity index (χ0v) is 10.3. The van der Waals surface area contributed by atoms with Crippen LogP contribution < -0.4 is 5.32 Å². The van der Waals surface area contributed by atoms with Crippen LogP contribution in [-0.2, 0) is 4.79 Å². The summed E-state index contributed by atoms with van der Waals surface area (Å²) < 4.78 is 0. The summed E-state index contributed by atoms with van der Waals surface area (Å²) >= 11 is 0. The molecule has 3 N–H and O–H groups in total. The average molecular weight is 244 g/mol. The zero-order chi connectivity index (χ0) is 13.1. The number of urea groups is 1. The van der Waals surface area contributed by atoms with Crippen molar-refractivity contribution in [3.63, 3.8) is 0 Å². The van der Waals surface area contributed by atoms with Crippen molar-refractivity contribution >= 4 is 12.0 Å². The summed E-state index contributed by atoms with van der Waals surface area (Å²) in [6.07, 6.45) is 0.709. The van der Waals surface area contributed by atoms with Crippen LogP contribution in [0.25, 0.3) is 0 Å². The number of carboxylic acid groups (broad SMARTS) is 1. The van der Waals surface area contributed by atoms with E-state index in [-0.39, 0.29) is 18.6 Å². The fourth-order valence-electron chi connectivity index (χ4n) is 1.86. The van der Waals surface area contributed by atoms with Gasteiger partial charge in [-0.15, -0.1) is 0 Å². The fourth-order valence-corrected chi connectivity index (χ4v) is 1.86. The standard InChI is InChI=1S/C11H20N2O4/c1-11(2,7-9(15)16)12-10(17)13-5-3-8(14)4-6-13/h8,14H,3-7H2,1-2H3,(H,12,17)(H,15,16). The number of rotatable bonds is 3. The first-order valence-electron chi connectivity index (χ1n) is 5.77. The highest BCUT2D eigenvalue weighted by Gasteiger charge is 2.28. The van der Waals surface area contributed by atoms with Crippen LogP contribution in [0.1, 0.15) is 33.1 Å². The molecule has 6 heteroatoms. The van der Waals surface area contributed by atoms with Gasteiger partial charge < -0.3 is 20.4 Å². The van der Waals surface area contributed by atoms with Crippen LogP contribution in [0.3, 0.4) is 0 Å². The topological polar surface area (TPSA) is 89.9 Å². The van der Waals surface area contributed by atoms with Gasteiger partial charge in [-0.3, -0.25) is 4.79 Å². The molecule has 0 unspecified atom stereocenters. The molecule has 1 saturated heterocycles. The fraction of sp³-hybridized carbons (Fsp3) is 0.818. The van der Waals surface area contributed by atoms with Crippen LogP contribution in [0.15, 0.2) is 0 Å². The lowest BCUT2D eigenvalue weighted by Gasteiger charge is -2.33. The van der Waals surface area contributed by atoms with E-state index in [1.807, 2.05) is 0 Å². The summed E-state index contributed by atoms with van der Waals surface area (Å²) in [6.45, 7) is 4.38. The number of nitrogens with one attached hydrogen (secondary N) is 1. The van der Waals surface area contributed by atoms with Crippen molar-refractivity contribution in [2.24, 2.45) is 0 Å². The van der Waals surface area contributed by atoms with Gasteiger partial charge in [0.2, 0.25) is 0 Å². The van der Waals surface area contributed by atoms with Crippen molar-refractivity contribution in [3.05, 3.63) is 0 Å². The van der Waals surface area contributed by atoms with E-state index < -0.39 is 11.5 Å². The molecule has 1 heterocycles. The number of likely N-dealkylation sites (tertiary alicyclic amines) is 1. The molecule has 0 atom stereocenters. The first kappa shape index (κ1) is 13.8. The Morgan fingerprint density at radius 3 is 2.35 bits per heavy atom. The number of aliphatic hydroxyl groups is 1. The molecular formula is C11H20N2O4. The van der Waals surface area contributed by atoms with Crippen LogP contribution in [0.4, 0.5) is 4.79 Å².